The Kier molecular flexibility index (Phi) is 3.72. The molecule has 0 spiro atoms. The second kappa shape index (κ2) is 6.19. The van der Waals surface area contributed by atoms with E-state index in [-0.39, 0.29) is 10.8 Å². The number of hydrogen-bond acceptors (Lipinski definition) is 6. The van der Waals surface area contributed by atoms with Crippen molar-refractivity contribution in [3.8, 4) is 0 Å². The molecule has 4 fully saturated rings. The molecular formula is C25H29N5OS. The highest BCUT2D eigenvalue weighted by atomic mass is 32.1. The zero-order chi connectivity index (χ0) is 21.8. The Labute approximate surface area is 191 Å². The van der Waals surface area contributed by atoms with Crippen molar-refractivity contribution < 1.29 is 4.52 Å². The Morgan fingerprint density at radius 3 is 2.62 bits per heavy atom. The van der Waals surface area contributed by atoms with E-state index in [1.165, 1.54) is 59.9 Å². The summed E-state index contributed by atoms with van der Waals surface area (Å²) in [7, 11) is 0. The largest absolute Gasteiger partial charge is 0.361 e. The van der Waals surface area contributed by atoms with Crippen LogP contribution in [0.4, 0.5) is 0 Å². The van der Waals surface area contributed by atoms with Crippen LogP contribution >= 0.6 is 11.3 Å². The lowest BCUT2D eigenvalue weighted by atomic mass is 9.42. The molecule has 4 aliphatic rings. The summed E-state index contributed by atoms with van der Waals surface area (Å²) in [4.78, 5) is 12.1. The third-order valence-corrected chi connectivity index (χ3v) is 9.94. The quantitative estimate of drug-likeness (QED) is 0.406. The van der Waals surface area contributed by atoms with E-state index in [0.29, 0.717) is 0 Å². The van der Waals surface area contributed by atoms with E-state index in [4.69, 9.17) is 14.6 Å². The van der Waals surface area contributed by atoms with E-state index in [2.05, 4.69) is 37.8 Å². The molecule has 0 amide bonds. The van der Waals surface area contributed by atoms with Crippen molar-refractivity contribution in [3.05, 3.63) is 39.6 Å². The van der Waals surface area contributed by atoms with Gasteiger partial charge in [-0.2, -0.15) is 0 Å². The van der Waals surface area contributed by atoms with Crippen molar-refractivity contribution in [1.29, 1.82) is 0 Å². The third-order valence-electron chi connectivity index (χ3n) is 8.83. The van der Waals surface area contributed by atoms with Crippen LogP contribution in [0.15, 0.2) is 10.9 Å². The fourth-order valence-corrected chi connectivity index (χ4v) is 9.28. The molecule has 2 atom stereocenters. The van der Waals surface area contributed by atoms with E-state index in [9.17, 15) is 0 Å². The SMILES string of the molecule is Cc1noc(C)c1C12C[C@@H]3C[C@H](CC(Cc4nc5c6c(C)c(C)sc6ncn5n4)(C3)C1)C2. The Morgan fingerprint density at radius 1 is 1.12 bits per heavy atom. The van der Waals surface area contributed by atoms with Crippen molar-refractivity contribution in [1.82, 2.24) is 24.7 Å². The van der Waals surface area contributed by atoms with Crippen molar-refractivity contribution in [2.75, 3.05) is 0 Å². The summed E-state index contributed by atoms with van der Waals surface area (Å²) in [5.41, 5.74) is 5.28. The van der Waals surface area contributed by atoms with Gasteiger partial charge in [0.2, 0.25) is 0 Å². The van der Waals surface area contributed by atoms with Crippen molar-refractivity contribution in [3.63, 3.8) is 0 Å². The Balaban J connectivity index is 1.31. The fraction of sp³-hybridized carbons (Fsp3) is 0.600. The number of rotatable bonds is 3. The summed E-state index contributed by atoms with van der Waals surface area (Å²) in [5, 5.41) is 10.4. The third kappa shape index (κ3) is 2.51. The van der Waals surface area contributed by atoms with E-state index in [1.54, 1.807) is 11.3 Å². The van der Waals surface area contributed by atoms with Gasteiger partial charge >= 0.3 is 0 Å². The lowest BCUT2D eigenvalue weighted by Crippen LogP contribution is -2.55. The van der Waals surface area contributed by atoms with Crippen LogP contribution in [0.25, 0.3) is 15.9 Å². The number of fused-ring (bicyclic) bond motifs is 3. The topological polar surface area (TPSA) is 69.1 Å². The van der Waals surface area contributed by atoms with Crippen LogP contribution < -0.4 is 0 Å². The summed E-state index contributed by atoms with van der Waals surface area (Å²) in [6.45, 7) is 8.58. The average Bonchev–Trinajstić information content (AvgIpc) is 3.35. The minimum Gasteiger partial charge on any atom is -0.361 e. The lowest BCUT2D eigenvalue weighted by molar-refractivity contribution is -0.0731. The van der Waals surface area contributed by atoms with Gasteiger partial charge in [0.1, 0.15) is 16.9 Å². The van der Waals surface area contributed by atoms with Gasteiger partial charge in [-0.15, -0.1) is 16.4 Å². The number of hydrogen-bond donors (Lipinski definition) is 0. The number of aromatic nitrogens is 5. The van der Waals surface area contributed by atoms with Gasteiger partial charge in [-0.05, 0) is 89.0 Å². The van der Waals surface area contributed by atoms with Gasteiger partial charge in [0, 0.05) is 22.3 Å². The van der Waals surface area contributed by atoms with E-state index in [0.717, 1.165) is 46.0 Å². The molecule has 8 rings (SSSR count). The molecule has 0 aromatic carbocycles. The highest BCUT2D eigenvalue weighted by Gasteiger charge is 2.59. The van der Waals surface area contributed by atoms with Crippen LogP contribution in [0, 0.1) is 44.9 Å². The summed E-state index contributed by atoms with van der Waals surface area (Å²) < 4.78 is 7.55. The number of nitrogens with zero attached hydrogens (tertiary/aromatic N) is 5. The zero-order valence-corrected chi connectivity index (χ0v) is 20.1. The van der Waals surface area contributed by atoms with Crippen LogP contribution in [-0.4, -0.2) is 24.7 Å². The average molecular weight is 448 g/mol. The van der Waals surface area contributed by atoms with Crippen LogP contribution in [0.2, 0.25) is 0 Å². The highest BCUT2D eigenvalue weighted by Crippen LogP contribution is 2.67. The normalized spacial score (nSPS) is 31.4. The molecule has 7 heteroatoms. The van der Waals surface area contributed by atoms with Gasteiger partial charge in [0.15, 0.2) is 11.5 Å². The van der Waals surface area contributed by atoms with Gasteiger partial charge in [0.05, 0.1) is 11.1 Å². The molecule has 4 aromatic heterocycles. The minimum atomic E-state index is 0.229. The summed E-state index contributed by atoms with van der Waals surface area (Å²) in [6, 6.07) is 0. The molecule has 0 radical (unpaired) electrons. The predicted molar refractivity (Wildman–Crippen MR) is 124 cm³/mol. The molecule has 4 heterocycles. The van der Waals surface area contributed by atoms with Crippen LogP contribution in [0.1, 0.15) is 71.8 Å². The first-order valence-electron chi connectivity index (χ1n) is 11.9. The molecule has 32 heavy (non-hydrogen) atoms. The molecule has 0 unspecified atom stereocenters. The summed E-state index contributed by atoms with van der Waals surface area (Å²) >= 11 is 1.75. The van der Waals surface area contributed by atoms with E-state index >= 15 is 0 Å². The molecule has 0 aliphatic heterocycles. The molecule has 4 saturated carbocycles. The highest BCUT2D eigenvalue weighted by molar-refractivity contribution is 7.18. The van der Waals surface area contributed by atoms with E-state index in [1.807, 2.05) is 10.8 Å². The molecule has 6 nitrogen and oxygen atoms in total. The molecule has 0 saturated heterocycles. The Bertz CT molecular complexity index is 1360. The first-order valence-corrected chi connectivity index (χ1v) is 12.7. The second-order valence-corrected chi connectivity index (χ2v) is 12.3. The lowest BCUT2D eigenvalue weighted by Gasteiger charge is -2.62. The van der Waals surface area contributed by atoms with Crippen molar-refractivity contribution in [2.24, 2.45) is 17.3 Å². The first kappa shape index (κ1) is 19.2. The first-order chi connectivity index (χ1) is 15.3. The summed E-state index contributed by atoms with van der Waals surface area (Å²) in [5.74, 6) is 3.62. The molecular weight excluding hydrogens is 418 g/mol. The van der Waals surface area contributed by atoms with Crippen LogP contribution in [0.3, 0.4) is 0 Å². The summed E-state index contributed by atoms with van der Waals surface area (Å²) in [6.07, 6.45) is 10.6. The zero-order valence-electron chi connectivity index (χ0n) is 19.2. The van der Waals surface area contributed by atoms with Crippen LogP contribution in [-0.2, 0) is 11.8 Å². The van der Waals surface area contributed by atoms with Crippen molar-refractivity contribution in [2.45, 2.75) is 78.1 Å². The monoisotopic (exact) mass is 447 g/mol. The van der Waals surface area contributed by atoms with Gasteiger partial charge < -0.3 is 4.52 Å². The van der Waals surface area contributed by atoms with Gasteiger partial charge in [-0.1, -0.05) is 5.16 Å². The van der Waals surface area contributed by atoms with Gasteiger partial charge in [0.25, 0.3) is 0 Å². The smallest absolute Gasteiger partial charge is 0.167 e. The van der Waals surface area contributed by atoms with Crippen molar-refractivity contribution >= 4 is 27.2 Å². The molecule has 166 valence electrons. The Hall–Kier alpha value is -2.28. The maximum atomic E-state index is 5.65. The van der Waals surface area contributed by atoms with Gasteiger partial charge in [-0.3, -0.25) is 0 Å². The fourth-order valence-electron chi connectivity index (χ4n) is 8.29. The predicted octanol–water partition coefficient (Wildman–Crippen LogP) is 5.64. The number of thiophene rings is 1. The Morgan fingerprint density at radius 2 is 1.91 bits per heavy atom. The van der Waals surface area contributed by atoms with E-state index < -0.39 is 0 Å². The molecule has 4 aromatic rings. The maximum Gasteiger partial charge on any atom is 0.167 e. The van der Waals surface area contributed by atoms with Crippen LogP contribution in [0.5, 0.6) is 0 Å². The molecule has 4 bridgehead atoms. The molecule has 0 N–H and O–H groups in total. The van der Waals surface area contributed by atoms with Gasteiger partial charge in [-0.25, -0.2) is 14.5 Å². The minimum absolute atomic E-state index is 0.229. The maximum absolute atomic E-state index is 5.65. The molecule has 4 aliphatic carbocycles. The standard InChI is InChI=1S/C25H29N5OS/c1-13-16(4)32-23-20(13)22-27-19(28-30(22)12-26-23)10-24-6-17-5-18(7-24)9-25(8-17,11-24)21-14(2)29-31-15(21)3/h12,17-18H,5-11H2,1-4H3/t17-,18-,24?,25?/m1/s1. The second-order valence-electron chi connectivity index (χ2n) is 11.1. The number of aryl methyl sites for hydroxylation is 4.